The van der Waals surface area contributed by atoms with E-state index in [1.807, 2.05) is 0 Å². The molecule has 0 saturated carbocycles. The summed E-state index contributed by atoms with van der Waals surface area (Å²) in [7, 11) is 0. The normalized spacial score (nSPS) is 16.9. The van der Waals surface area contributed by atoms with E-state index in [9.17, 15) is 27.2 Å². The molecule has 11 heteroatoms. The second-order valence-electron chi connectivity index (χ2n) is 10.4. The molecule has 1 aromatic heterocycles. The number of piperidine rings is 2. The number of aromatic nitrogens is 1. The summed E-state index contributed by atoms with van der Waals surface area (Å²) in [6, 6.07) is 9.96. The van der Waals surface area contributed by atoms with Gasteiger partial charge < -0.3 is 15.0 Å². The molecular weight excluding hydrogens is 540 g/mol. The molecular formula is C30H30F4N4O3. The van der Waals surface area contributed by atoms with Crippen molar-refractivity contribution in [2.24, 2.45) is 0 Å². The molecule has 7 nitrogen and oxygen atoms in total. The number of nitrogens with zero attached hydrogens (tertiary/aromatic N) is 3. The molecule has 2 saturated heterocycles. The largest absolute Gasteiger partial charge is 0.490 e. The Labute approximate surface area is 235 Å². The van der Waals surface area contributed by atoms with Crippen molar-refractivity contribution in [2.45, 2.75) is 44.4 Å². The number of rotatable bonds is 7. The predicted octanol–water partition coefficient (Wildman–Crippen LogP) is 4.72. The van der Waals surface area contributed by atoms with Crippen LogP contribution in [0.25, 0.3) is 0 Å². The maximum absolute atomic E-state index is 13.5. The molecule has 1 N–H and O–H groups in total. The summed E-state index contributed by atoms with van der Waals surface area (Å²) in [5.41, 5.74) is 1.14. The van der Waals surface area contributed by atoms with Crippen molar-refractivity contribution in [3.8, 4) is 5.75 Å². The van der Waals surface area contributed by atoms with E-state index < -0.39 is 23.3 Å². The van der Waals surface area contributed by atoms with Crippen LogP contribution in [0.3, 0.4) is 0 Å². The minimum atomic E-state index is -0.971. The monoisotopic (exact) mass is 570 g/mol. The third kappa shape index (κ3) is 7.40. The number of carbonyl (C=O) groups excluding carboxylic acids is 2. The second kappa shape index (κ2) is 12.7. The van der Waals surface area contributed by atoms with Crippen molar-refractivity contribution >= 4 is 11.8 Å². The summed E-state index contributed by atoms with van der Waals surface area (Å²) in [5, 5.41) is 2.98. The minimum absolute atomic E-state index is 0.0546. The van der Waals surface area contributed by atoms with Gasteiger partial charge in [0.2, 0.25) is 0 Å². The molecule has 2 amide bonds. The highest BCUT2D eigenvalue weighted by atomic mass is 19.2. The third-order valence-corrected chi connectivity index (χ3v) is 7.42. The second-order valence-corrected chi connectivity index (χ2v) is 10.4. The molecule has 0 aliphatic carbocycles. The maximum Gasteiger partial charge on any atom is 0.270 e. The fraction of sp³-hybridized carbons (Fsp3) is 0.367. The average molecular weight is 571 g/mol. The Morgan fingerprint density at radius 2 is 1.56 bits per heavy atom. The van der Waals surface area contributed by atoms with Crippen LogP contribution in [0.1, 0.15) is 52.1 Å². The molecule has 2 aliphatic heterocycles. The minimum Gasteiger partial charge on any atom is -0.490 e. The van der Waals surface area contributed by atoms with Gasteiger partial charge in [0.25, 0.3) is 11.8 Å². The highest BCUT2D eigenvalue weighted by Gasteiger charge is 2.26. The molecule has 3 aromatic rings. The van der Waals surface area contributed by atoms with Crippen LogP contribution < -0.4 is 10.1 Å². The molecule has 2 fully saturated rings. The smallest absolute Gasteiger partial charge is 0.270 e. The summed E-state index contributed by atoms with van der Waals surface area (Å²) in [6.07, 6.45) is 3.63. The lowest BCUT2D eigenvalue weighted by molar-refractivity contribution is 0.0594. The van der Waals surface area contributed by atoms with E-state index in [2.05, 4.69) is 15.2 Å². The van der Waals surface area contributed by atoms with E-state index >= 15 is 0 Å². The number of ether oxygens (including phenoxy) is 1. The lowest BCUT2D eigenvalue weighted by Gasteiger charge is -2.32. The SMILES string of the molecule is O=C(NC1CCN(Cc2cc(F)cc(F)c2)CC1)c1ccc(C(=O)N2CCC(Oc3ccc(F)c(F)c3)CC2)cn1. The molecule has 41 heavy (non-hydrogen) atoms. The van der Waals surface area contributed by atoms with E-state index in [1.54, 1.807) is 11.0 Å². The molecule has 0 unspecified atom stereocenters. The standard InChI is InChI=1S/C30H30F4N4O3/c31-21-13-19(14-22(32)15-21)18-37-9-5-23(6-10-37)36-29(39)28-4-1-20(17-35-28)30(40)38-11-7-24(8-12-38)41-25-2-3-26(33)27(34)16-25/h1-4,13-17,23-24H,5-12,18H2,(H,36,39). The Hall–Kier alpha value is -3.99. The van der Waals surface area contributed by atoms with Gasteiger partial charge in [-0.1, -0.05) is 0 Å². The van der Waals surface area contributed by atoms with Gasteiger partial charge in [-0.3, -0.25) is 19.5 Å². The number of carbonyl (C=O) groups is 2. The Kier molecular flexibility index (Phi) is 8.82. The van der Waals surface area contributed by atoms with Gasteiger partial charge in [0.15, 0.2) is 11.6 Å². The van der Waals surface area contributed by atoms with Crippen LogP contribution in [0.4, 0.5) is 17.6 Å². The molecule has 216 valence electrons. The first-order valence-corrected chi connectivity index (χ1v) is 13.6. The first-order chi connectivity index (χ1) is 19.7. The van der Waals surface area contributed by atoms with Crippen LogP contribution in [0.2, 0.25) is 0 Å². The predicted molar refractivity (Wildman–Crippen MR) is 142 cm³/mol. The van der Waals surface area contributed by atoms with Crippen molar-refractivity contribution in [2.75, 3.05) is 26.2 Å². The number of likely N-dealkylation sites (tertiary alicyclic amines) is 2. The Morgan fingerprint density at radius 1 is 0.854 bits per heavy atom. The molecule has 5 rings (SSSR count). The van der Waals surface area contributed by atoms with Crippen LogP contribution in [0.15, 0.2) is 54.7 Å². The number of benzene rings is 2. The summed E-state index contributed by atoms with van der Waals surface area (Å²) >= 11 is 0. The fourth-order valence-corrected chi connectivity index (χ4v) is 5.21. The van der Waals surface area contributed by atoms with E-state index in [-0.39, 0.29) is 35.4 Å². The van der Waals surface area contributed by atoms with E-state index in [0.717, 1.165) is 18.2 Å². The lowest BCUT2D eigenvalue weighted by Crippen LogP contribution is -2.44. The highest BCUT2D eigenvalue weighted by Crippen LogP contribution is 2.22. The van der Waals surface area contributed by atoms with Crippen molar-refractivity contribution in [3.63, 3.8) is 0 Å². The average Bonchev–Trinajstić information content (AvgIpc) is 2.96. The zero-order chi connectivity index (χ0) is 28.9. The summed E-state index contributed by atoms with van der Waals surface area (Å²) in [5.74, 6) is -3.39. The van der Waals surface area contributed by atoms with Crippen LogP contribution in [0, 0.1) is 23.3 Å². The third-order valence-electron chi connectivity index (χ3n) is 7.42. The van der Waals surface area contributed by atoms with Crippen molar-refractivity contribution in [1.29, 1.82) is 0 Å². The zero-order valence-corrected chi connectivity index (χ0v) is 22.3. The Bertz CT molecular complexity index is 1370. The van der Waals surface area contributed by atoms with Crippen molar-refractivity contribution in [3.05, 3.63) is 94.8 Å². The van der Waals surface area contributed by atoms with Crippen LogP contribution in [0.5, 0.6) is 5.75 Å². The molecule has 3 heterocycles. The summed E-state index contributed by atoms with van der Waals surface area (Å²) < 4.78 is 59.2. The summed E-state index contributed by atoms with van der Waals surface area (Å²) in [4.78, 5) is 33.7. The van der Waals surface area contributed by atoms with E-state index in [1.165, 1.54) is 30.5 Å². The van der Waals surface area contributed by atoms with Gasteiger partial charge in [-0.05, 0) is 54.8 Å². The molecule has 0 spiro atoms. The maximum atomic E-state index is 13.5. The molecule has 0 radical (unpaired) electrons. The topological polar surface area (TPSA) is 74.8 Å². The Balaban J connectivity index is 1.06. The van der Waals surface area contributed by atoms with Crippen LogP contribution in [-0.2, 0) is 6.54 Å². The molecule has 2 aliphatic rings. The van der Waals surface area contributed by atoms with Gasteiger partial charge in [-0.15, -0.1) is 0 Å². The number of nitrogens with one attached hydrogen (secondary N) is 1. The number of hydrogen-bond acceptors (Lipinski definition) is 5. The number of amides is 2. The Morgan fingerprint density at radius 3 is 2.20 bits per heavy atom. The van der Waals surface area contributed by atoms with Gasteiger partial charge in [0, 0.05) is 69.9 Å². The van der Waals surface area contributed by atoms with Gasteiger partial charge in [-0.25, -0.2) is 17.6 Å². The van der Waals surface area contributed by atoms with Crippen LogP contribution >= 0.6 is 0 Å². The van der Waals surface area contributed by atoms with Gasteiger partial charge >= 0.3 is 0 Å². The van der Waals surface area contributed by atoms with Gasteiger partial charge in [0.1, 0.15) is 29.2 Å². The number of pyridine rings is 1. The number of hydrogen-bond donors (Lipinski definition) is 1. The first-order valence-electron chi connectivity index (χ1n) is 13.6. The van der Waals surface area contributed by atoms with Gasteiger partial charge in [-0.2, -0.15) is 0 Å². The summed E-state index contributed by atoms with van der Waals surface area (Å²) in [6.45, 7) is 2.65. The van der Waals surface area contributed by atoms with Gasteiger partial charge in [0.05, 0.1) is 5.56 Å². The lowest BCUT2D eigenvalue weighted by atomic mass is 10.0. The molecule has 2 aromatic carbocycles. The van der Waals surface area contributed by atoms with E-state index in [0.29, 0.717) is 69.5 Å². The molecule has 0 bridgehead atoms. The van der Waals surface area contributed by atoms with Crippen molar-refractivity contribution in [1.82, 2.24) is 20.1 Å². The fourth-order valence-electron chi connectivity index (χ4n) is 5.21. The zero-order valence-electron chi connectivity index (χ0n) is 22.3. The molecule has 0 atom stereocenters. The van der Waals surface area contributed by atoms with E-state index in [4.69, 9.17) is 4.74 Å². The van der Waals surface area contributed by atoms with Crippen LogP contribution in [-0.4, -0.2) is 64.9 Å². The van der Waals surface area contributed by atoms with Crippen molar-refractivity contribution < 1.29 is 31.9 Å². The first kappa shape index (κ1) is 28.5. The number of halogens is 4. The quantitative estimate of drug-likeness (QED) is 0.417. The highest BCUT2D eigenvalue weighted by molar-refractivity contribution is 5.96.